The molecule has 1 N–H and O–H groups in total. The number of halogens is 1. The third kappa shape index (κ3) is 4.61. The lowest BCUT2D eigenvalue weighted by molar-refractivity contribution is 0.299. The number of hydrogen-bond acceptors (Lipinski definition) is 1. The Labute approximate surface area is 126 Å². The van der Waals surface area contributed by atoms with E-state index in [1.807, 2.05) is 0 Å². The van der Waals surface area contributed by atoms with Crippen molar-refractivity contribution in [3.63, 3.8) is 0 Å². The van der Waals surface area contributed by atoms with Gasteiger partial charge in [-0.05, 0) is 36.9 Å². The van der Waals surface area contributed by atoms with Crippen LogP contribution >= 0.6 is 15.9 Å². The van der Waals surface area contributed by atoms with Crippen LogP contribution in [-0.4, -0.2) is 6.54 Å². The summed E-state index contributed by atoms with van der Waals surface area (Å²) in [7, 11) is 0. The summed E-state index contributed by atoms with van der Waals surface area (Å²) >= 11 is 3.71. The first kappa shape index (κ1) is 15.1. The molecule has 1 saturated carbocycles. The summed E-state index contributed by atoms with van der Waals surface area (Å²) in [6.45, 7) is 3.35. The molecule has 0 heterocycles. The Bertz CT molecular complexity index is 371. The van der Waals surface area contributed by atoms with Crippen molar-refractivity contribution in [1.29, 1.82) is 0 Å². The third-order valence-electron chi connectivity index (χ3n) is 4.22. The molecule has 106 valence electrons. The average molecular weight is 324 g/mol. The highest BCUT2D eigenvalue weighted by Gasteiger charge is 2.20. The molecule has 1 atom stereocenters. The third-order valence-corrected chi connectivity index (χ3v) is 4.94. The lowest BCUT2D eigenvalue weighted by Crippen LogP contribution is -2.25. The van der Waals surface area contributed by atoms with E-state index in [9.17, 15) is 0 Å². The summed E-state index contributed by atoms with van der Waals surface area (Å²) in [6, 6.07) is 9.20. The summed E-state index contributed by atoms with van der Waals surface area (Å²) in [5.41, 5.74) is 1.43. The van der Waals surface area contributed by atoms with Gasteiger partial charge in [0.1, 0.15) is 0 Å². The molecule has 1 aromatic rings. The van der Waals surface area contributed by atoms with Gasteiger partial charge in [0.05, 0.1) is 0 Å². The number of benzene rings is 1. The molecule has 1 aromatic carbocycles. The minimum atomic E-state index is 0.513. The molecule has 0 aliphatic heterocycles. The van der Waals surface area contributed by atoms with Gasteiger partial charge in [-0.1, -0.05) is 73.2 Å². The monoisotopic (exact) mass is 323 g/mol. The molecule has 2 heteroatoms. The zero-order chi connectivity index (χ0) is 13.5. The largest absolute Gasteiger partial charge is 0.310 e. The second kappa shape index (κ2) is 8.06. The highest BCUT2D eigenvalue weighted by molar-refractivity contribution is 9.10. The van der Waals surface area contributed by atoms with Crippen molar-refractivity contribution in [2.24, 2.45) is 5.92 Å². The predicted octanol–water partition coefficient (Wildman–Crippen LogP) is 5.46. The van der Waals surface area contributed by atoms with Crippen LogP contribution in [-0.2, 0) is 0 Å². The van der Waals surface area contributed by atoms with Crippen molar-refractivity contribution < 1.29 is 0 Å². The van der Waals surface area contributed by atoms with Gasteiger partial charge in [0.25, 0.3) is 0 Å². The van der Waals surface area contributed by atoms with E-state index in [2.05, 4.69) is 52.4 Å². The molecule has 2 rings (SSSR count). The average Bonchev–Trinajstić information content (AvgIpc) is 2.45. The predicted molar refractivity (Wildman–Crippen MR) is 86.4 cm³/mol. The van der Waals surface area contributed by atoms with Gasteiger partial charge in [-0.2, -0.15) is 0 Å². The van der Waals surface area contributed by atoms with Crippen molar-refractivity contribution in [3.05, 3.63) is 34.3 Å². The van der Waals surface area contributed by atoms with Gasteiger partial charge in [-0.3, -0.25) is 0 Å². The van der Waals surface area contributed by atoms with Gasteiger partial charge < -0.3 is 5.32 Å². The first-order valence-corrected chi connectivity index (χ1v) is 8.58. The van der Waals surface area contributed by atoms with Gasteiger partial charge in [-0.25, -0.2) is 0 Å². The Balaban J connectivity index is 2.04. The van der Waals surface area contributed by atoms with Crippen LogP contribution in [0.2, 0.25) is 0 Å². The fourth-order valence-corrected chi connectivity index (χ4v) is 3.71. The van der Waals surface area contributed by atoms with Gasteiger partial charge in [0.2, 0.25) is 0 Å². The van der Waals surface area contributed by atoms with Crippen molar-refractivity contribution in [3.8, 4) is 0 Å². The fraction of sp³-hybridized carbons (Fsp3) is 0.647. The van der Waals surface area contributed by atoms with Crippen LogP contribution in [0.25, 0.3) is 0 Å². The molecule has 1 aliphatic rings. The highest BCUT2D eigenvalue weighted by atomic mass is 79.9. The van der Waals surface area contributed by atoms with Crippen LogP contribution in [0.15, 0.2) is 28.7 Å². The Morgan fingerprint density at radius 2 is 1.95 bits per heavy atom. The van der Waals surface area contributed by atoms with Crippen LogP contribution in [0.5, 0.6) is 0 Å². The number of rotatable bonds is 6. The van der Waals surface area contributed by atoms with E-state index in [-0.39, 0.29) is 0 Å². The first-order chi connectivity index (χ1) is 9.31. The van der Waals surface area contributed by atoms with E-state index >= 15 is 0 Å². The summed E-state index contributed by atoms with van der Waals surface area (Å²) in [5, 5.41) is 3.74. The SMILES string of the molecule is CCCNC(CC1CCCCC1)c1ccccc1Br. The molecule has 1 nitrogen and oxygen atoms in total. The zero-order valence-corrected chi connectivity index (χ0v) is 13.6. The molecule has 1 unspecified atom stereocenters. The Morgan fingerprint density at radius 3 is 2.63 bits per heavy atom. The highest BCUT2D eigenvalue weighted by Crippen LogP contribution is 2.34. The first-order valence-electron chi connectivity index (χ1n) is 7.79. The molecule has 1 aliphatic carbocycles. The molecule has 1 fully saturated rings. The summed E-state index contributed by atoms with van der Waals surface area (Å²) in [5.74, 6) is 0.912. The smallest absolute Gasteiger partial charge is 0.0334 e. The van der Waals surface area contributed by atoms with Crippen molar-refractivity contribution in [2.75, 3.05) is 6.54 Å². The maximum absolute atomic E-state index is 3.74. The molecule has 0 bridgehead atoms. The fourth-order valence-electron chi connectivity index (χ4n) is 3.15. The maximum Gasteiger partial charge on any atom is 0.0334 e. The van der Waals surface area contributed by atoms with E-state index in [0.29, 0.717) is 6.04 Å². The second-order valence-corrected chi connectivity index (χ2v) is 6.62. The van der Waals surface area contributed by atoms with Crippen LogP contribution in [0, 0.1) is 5.92 Å². The van der Waals surface area contributed by atoms with E-state index < -0.39 is 0 Å². The van der Waals surface area contributed by atoms with E-state index in [4.69, 9.17) is 0 Å². The lowest BCUT2D eigenvalue weighted by atomic mass is 9.83. The lowest BCUT2D eigenvalue weighted by Gasteiger charge is -2.28. The minimum Gasteiger partial charge on any atom is -0.310 e. The van der Waals surface area contributed by atoms with E-state index in [0.717, 1.165) is 12.5 Å². The van der Waals surface area contributed by atoms with Gasteiger partial charge in [0.15, 0.2) is 0 Å². The van der Waals surface area contributed by atoms with Crippen LogP contribution in [0.3, 0.4) is 0 Å². The molecular weight excluding hydrogens is 298 g/mol. The molecule has 0 radical (unpaired) electrons. The maximum atomic E-state index is 3.74. The van der Waals surface area contributed by atoms with Crippen LogP contribution in [0.4, 0.5) is 0 Å². The van der Waals surface area contributed by atoms with Crippen molar-refractivity contribution in [2.45, 2.75) is 57.9 Å². The summed E-state index contributed by atoms with van der Waals surface area (Å²) in [6.07, 6.45) is 9.65. The number of hydrogen-bond donors (Lipinski definition) is 1. The van der Waals surface area contributed by atoms with Crippen LogP contribution < -0.4 is 5.32 Å². The molecule has 0 amide bonds. The Kier molecular flexibility index (Phi) is 6.39. The number of nitrogens with one attached hydrogen (secondary N) is 1. The van der Waals surface area contributed by atoms with Crippen molar-refractivity contribution in [1.82, 2.24) is 5.32 Å². The topological polar surface area (TPSA) is 12.0 Å². The zero-order valence-electron chi connectivity index (χ0n) is 12.0. The Morgan fingerprint density at radius 1 is 1.21 bits per heavy atom. The summed E-state index contributed by atoms with van der Waals surface area (Å²) in [4.78, 5) is 0. The second-order valence-electron chi connectivity index (χ2n) is 5.77. The van der Waals surface area contributed by atoms with Crippen LogP contribution in [0.1, 0.15) is 63.5 Å². The molecule has 0 spiro atoms. The van der Waals surface area contributed by atoms with Gasteiger partial charge in [-0.15, -0.1) is 0 Å². The van der Waals surface area contributed by atoms with Gasteiger partial charge >= 0.3 is 0 Å². The normalized spacial score (nSPS) is 18.4. The standard InChI is InChI=1S/C17H26BrN/c1-2-12-19-17(13-14-8-4-3-5-9-14)15-10-6-7-11-16(15)18/h6-7,10-11,14,17,19H,2-5,8-9,12-13H2,1H3. The minimum absolute atomic E-state index is 0.513. The quantitative estimate of drug-likeness (QED) is 0.732. The molecule has 0 aromatic heterocycles. The Hall–Kier alpha value is -0.340. The van der Waals surface area contributed by atoms with E-state index in [1.54, 1.807) is 0 Å². The van der Waals surface area contributed by atoms with Gasteiger partial charge in [0, 0.05) is 10.5 Å². The van der Waals surface area contributed by atoms with Crippen molar-refractivity contribution >= 4 is 15.9 Å². The molecule has 19 heavy (non-hydrogen) atoms. The molecule has 0 saturated heterocycles. The molecular formula is C17H26BrN. The van der Waals surface area contributed by atoms with E-state index in [1.165, 1.54) is 55.0 Å². The summed E-state index contributed by atoms with van der Waals surface area (Å²) < 4.78 is 1.25.